The van der Waals surface area contributed by atoms with Crippen LogP contribution in [-0.4, -0.2) is 22.4 Å². The van der Waals surface area contributed by atoms with Gasteiger partial charge < -0.3 is 10.2 Å². The molecule has 0 heterocycles. The van der Waals surface area contributed by atoms with Gasteiger partial charge in [-0.3, -0.25) is 0 Å². The van der Waals surface area contributed by atoms with E-state index in [1.165, 1.54) is 0 Å². The SMILES string of the molecule is CCCCCC(O)CCC(O)C#N. The van der Waals surface area contributed by atoms with Crippen LogP contribution in [0.3, 0.4) is 0 Å². The number of unbranched alkanes of at least 4 members (excludes halogenated alkanes) is 2. The molecule has 0 aliphatic carbocycles. The standard InChI is InChI=1S/C10H19NO2/c1-2-3-4-5-9(12)6-7-10(13)8-11/h9-10,12-13H,2-7H2,1H3. The van der Waals surface area contributed by atoms with Crippen LogP contribution in [0.1, 0.15) is 45.4 Å². The summed E-state index contributed by atoms with van der Waals surface area (Å²) >= 11 is 0. The Morgan fingerprint density at radius 2 is 1.85 bits per heavy atom. The van der Waals surface area contributed by atoms with Crippen LogP contribution in [-0.2, 0) is 0 Å². The van der Waals surface area contributed by atoms with E-state index in [1.54, 1.807) is 6.07 Å². The quantitative estimate of drug-likeness (QED) is 0.467. The highest BCUT2D eigenvalue weighted by Gasteiger charge is 2.07. The lowest BCUT2D eigenvalue weighted by atomic mass is 10.0. The molecule has 0 fully saturated rings. The molecule has 0 rings (SSSR count). The van der Waals surface area contributed by atoms with Gasteiger partial charge in [-0.15, -0.1) is 0 Å². The van der Waals surface area contributed by atoms with Gasteiger partial charge in [-0.2, -0.15) is 5.26 Å². The van der Waals surface area contributed by atoms with Gasteiger partial charge in [0.25, 0.3) is 0 Å². The van der Waals surface area contributed by atoms with Crippen LogP contribution < -0.4 is 0 Å². The molecule has 0 aliphatic rings. The Bertz CT molecular complexity index is 153. The molecule has 13 heavy (non-hydrogen) atoms. The van der Waals surface area contributed by atoms with E-state index in [0.717, 1.165) is 25.7 Å². The number of nitriles is 1. The summed E-state index contributed by atoms with van der Waals surface area (Å²) in [6.07, 6.45) is 3.73. The molecule has 0 radical (unpaired) electrons. The van der Waals surface area contributed by atoms with Crippen LogP contribution in [0.5, 0.6) is 0 Å². The van der Waals surface area contributed by atoms with Gasteiger partial charge in [0.1, 0.15) is 6.10 Å². The lowest BCUT2D eigenvalue weighted by Crippen LogP contribution is -2.11. The van der Waals surface area contributed by atoms with Crippen LogP contribution in [0, 0.1) is 11.3 Å². The summed E-state index contributed by atoms with van der Waals surface area (Å²) in [6.45, 7) is 2.12. The molecule has 0 saturated carbocycles. The van der Waals surface area contributed by atoms with Gasteiger partial charge in [0.05, 0.1) is 12.2 Å². The number of hydrogen-bond acceptors (Lipinski definition) is 3. The molecule has 3 heteroatoms. The Kier molecular flexibility index (Phi) is 7.66. The Morgan fingerprint density at radius 3 is 2.38 bits per heavy atom. The molecular formula is C10H19NO2. The normalized spacial score (nSPS) is 14.9. The third-order valence-electron chi connectivity index (χ3n) is 2.06. The Labute approximate surface area is 80.0 Å². The number of aliphatic hydroxyl groups is 2. The van der Waals surface area contributed by atoms with E-state index < -0.39 is 6.10 Å². The van der Waals surface area contributed by atoms with Crippen molar-refractivity contribution in [3.63, 3.8) is 0 Å². The molecule has 0 saturated heterocycles. The summed E-state index contributed by atoms with van der Waals surface area (Å²) in [7, 11) is 0. The lowest BCUT2D eigenvalue weighted by molar-refractivity contribution is 0.125. The number of hydrogen-bond donors (Lipinski definition) is 2. The molecule has 2 N–H and O–H groups in total. The van der Waals surface area contributed by atoms with E-state index in [4.69, 9.17) is 10.4 Å². The Morgan fingerprint density at radius 1 is 1.15 bits per heavy atom. The first kappa shape index (κ1) is 12.4. The average molecular weight is 185 g/mol. The third kappa shape index (κ3) is 7.76. The van der Waals surface area contributed by atoms with Crippen molar-refractivity contribution in [3.8, 4) is 6.07 Å². The van der Waals surface area contributed by atoms with E-state index in [2.05, 4.69) is 6.92 Å². The number of rotatable bonds is 7. The molecule has 0 bridgehead atoms. The molecule has 0 aromatic carbocycles. The average Bonchev–Trinajstić information content (AvgIpc) is 2.14. The van der Waals surface area contributed by atoms with Crippen molar-refractivity contribution in [2.75, 3.05) is 0 Å². The summed E-state index contributed by atoms with van der Waals surface area (Å²) in [5, 5.41) is 26.6. The largest absolute Gasteiger partial charge is 0.393 e. The van der Waals surface area contributed by atoms with Gasteiger partial charge in [-0.05, 0) is 19.3 Å². The molecule has 76 valence electrons. The van der Waals surface area contributed by atoms with E-state index in [-0.39, 0.29) is 6.10 Å². The summed E-state index contributed by atoms with van der Waals surface area (Å²) < 4.78 is 0. The maximum Gasteiger partial charge on any atom is 0.140 e. The smallest absolute Gasteiger partial charge is 0.140 e. The first-order chi connectivity index (χ1) is 6.20. The molecule has 0 aromatic rings. The molecule has 0 aliphatic heterocycles. The predicted octanol–water partition coefficient (Wildman–Crippen LogP) is 1.59. The molecule has 2 unspecified atom stereocenters. The molecule has 2 atom stereocenters. The third-order valence-corrected chi connectivity index (χ3v) is 2.06. The topological polar surface area (TPSA) is 64.2 Å². The van der Waals surface area contributed by atoms with Gasteiger partial charge in [0, 0.05) is 0 Å². The van der Waals surface area contributed by atoms with Crippen LogP contribution in [0.2, 0.25) is 0 Å². The molecule has 0 aromatic heterocycles. The fourth-order valence-electron chi connectivity index (χ4n) is 1.19. The van der Waals surface area contributed by atoms with Crippen molar-refractivity contribution in [1.82, 2.24) is 0 Å². The Balaban J connectivity index is 3.30. The van der Waals surface area contributed by atoms with E-state index >= 15 is 0 Å². The molecule has 0 spiro atoms. The van der Waals surface area contributed by atoms with Gasteiger partial charge >= 0.3 is 0 Å². The van der Waals surface area contributed by atoms with E-state index in [0.29, 0.717) is 12.8 Å². The van der Waals surface area contributed by atoms with E-state index in [1.807, 2.05) is 0 Å². The fraction of sp³-hybridized carbons (Fsp3) is 0.900. The minimum atomic E-state index is -0.916. The van der Waals surface area contributed by atoms with Crippen LogP contribution in [0.15, 0.2) is 0 Å². The van der Waals surface area contributed by atoms with Crippen molar-refractivity contribution in [1.29, 1.82) is 5.26 Å². The van der Waals surface area contributed by atoms with Gasteiger partial charge in [0.15, 0.2) is 0 Å². The fourth-order valence-corrected chi connectivity index (χ4v) is 1.19. The minimum Gasteiger partial charge on any atom is -0.393 e. The lowest BCUT2D eigenvalue weighted by Gasteiger charge is -2.09. The highest BCUT2D eigenvalue weighted by Crippen LogP contribution is 2.09. The van der Waals surface area contributed by atoms with Crippen molar-refractivity contribution in [2.45, 2.75) is 57.7 Å². The van der Waals surface area contributed by atoms with Crippen LogP contribution in [0.4, 0.5) is 0 Å². The highest BCUT2D eigenvalue weighted by molar-refractivity contribution is 4.82. The van der Waals surface area contributed by atoms with Gasteiger partial charge in [0.2, 0.25) is 0 Å². The Hall–Kier alpha value is -0.590. The molecular weight excluding hydrogens is 166 g/mol. The van der Waals surface area contributed by atoms with Crippen LogP contribution >= 0.6 is 0 Å². The van der Waals surface area contributed by atoms with Gasteiger partial charge in [-0.25, -0.2) is 0 Å². The zero-order valence-corrected chi connectivity index (χ0v) is 8.24. The summed E-state index contributed by atoms with van der Waals surface area (Å²) in [4.78, 5) is 0. The first-order valence-electron chi connectivity index (χ1n) is 4.96. The highest BCUT2D eigenvalue weighted by atomic mass is 16.3. The number of nitrogens with zero attached hydrogens (tertiary/aromatic N) is 1. The second kappa shape index (κ2) is 8.03. The first-order valence-corrected chi connectivity index (χ1v) is 4.96. The van der Waals surface area contributed by atoms with E-state index in [9.17, 15) is 5.11 Å². The summed E-state index contributed by atoms with van der Waals surface area (Å²) in [6, 6.07) is 1.73. The maximum atomic E-state index is 9.40. The summed E-state index contributed by atoms with van der Waals surface area (Å²) in [5.74, 6) is 0. The number of aliphatic hydroxyl groups excluding tert-OH is 2. The zero-order chi connectivity index (χ0) is 10.1. The predicted molar refractivity (Wildman–Crippen MR) is 51.0 cm³/mol. The zero-order valence-electron chi connectivity index (χ0n) is 8.24. The van der Waals surface area contributed by atoms with Crippen molar-refractivity contribution in [2.24, 2.45) is 0 Å². The minimum absolute atomic E-state index is 0.352. The van der Waals surface area contributed by atoms with Crippen molar-refractivity contribution >= 4 is 0 Å². The van der Waals surface area contributed by atoms with Crippen molar-refractivity contribution in [3.05, 3.63) is 0 Å². The second-order valence-electron chi connectivity index (χ2n) is 3.37. The monoisotopic (exact) mass is 185 g/mol. The van der Waals surface area contributed by atoms with Crippen molar-refractivity contribution < 1.29 is 10.2 Å². The molecule has 3 nitrogen and oxygen atoms in total. The van der Waals surface area contributed by atoms with Gasteiger partial charge in [-0.1, -0.05) is 26.2 Å². The maximum absolute atomic E-state index is 9.40. The van der Waals surface area contributed by atoms with Crippen LogP contribution in [0.25, 0.3) is 0 Å². The second-order valence-corrected chi connectivity index (χ2v) is 3.37. The summed E-state index contributed by atoms with van der Waals surface area (Å²) in [5.41, 5.74) is 0. The molecule has 0 amide bonds.